The van der Waals surface area contributed by atoms with Crippen LogP contribution in [-0.4, -0.2) is 9.97 Å². The fourth-order valence-corrected chi connectivity index (χ4v) is 5.76. The normalized spacial score (nSPS) is 14.0. The Hall–Kier alpha value is -3.72. The molecule has 0 fully saturated rings. The number of aromatic nitrogens is 2. The van der Waals surface area contributed by atoms with E-state index in [4.69, 9.17) is 0 Å². The van der Waals surface area contributed by atoms with Gasteiger partial charge in [0.15, 0.2) is 0 Å². The van der Waals surface area contributed by atoms with Crippen molar-refractivity contribution in [3.63, 3.8) is 0 Å². The number of hydrogen-bond acceptors (Lipinski definition) is 1. The van der Waals surface area contributed by atoms with Gasteiger partial charge in [0, 0.05) is 33.5 Å². The third-order valence-electron chi connectivity index (χ3n) is 6.23. The predicted molar refractivity (Wildman–Crippen MR) is 131 cm³/mol. The number of aromatic amines is 2. The molecule has 2 nitrogen and oxygen atoms in total. The minimum atomic E-state index is -4.43. The monoisotopic (exact) mass is 530 g/mol. The molecule has 0 spiro atoms. The molecular formula is C28H20F6N2S. The molecule has 3 aromatic heterocycles. The van der Waals surface area contributed by atoms with Crippen molar-refractivity contribution in [2.24, 2.45) is 0 Å². The lowest BCUT2D eigenvalue weighted by Gasteiger charge is -2.18. The highest BCUT2D eigenvalue weighted by Crippen LogP contribution is 2.42. The van der Waals surface area contributed by atoms with Crippen LogP contribution in [0.25, 0.3) is 0 Å². The standard InChI is InChI=1S/C28H20F6N2S/c29-27(30,31)19-9-5-17(6-10-19)25(21-3-1-15-35-21)23-13-14-24(37-23)26(22-4-2-16-36-22)18-7-11-20(12-8-18)28(32,33)34/h1-16,25-26,35-36H. The third kappa shape index (κ3) is 5.22. The zero-order chi connectivity index (χ0) is 26.2. The van der Waals surface area contributed by atoms with Crippen molar-refractivity contribution >= 4 is 11.3 Å². The number of rotatable bonds is 6. The van der Waals surface area contributed by atoms with Crippen LogP contribution in [0.15, 0.2) is 97.3 Å². The Bertz CT molecular complexity index is 1320. The molecule has 0 radical (unpaired) electrons. The van der Waals surface area contributed by atoms with E-state index in [1.54, 1.807) is 12.4 Å². The number of benzene rings is 2. The van der Waals surface area contributed by atoms with Gasteiger partial charge in [-0.2, -0.15) is 26.3 Å². The maximum atomic E-state index is 13.1. The molecule has 0 amide bonds. The van der Waals surface area contributed by atoms with E-state index in [0.29, 0.717) is 11.1 Å². The quantitative estimate of drug-likeness (QED) is 0.206. The van der Waals surface area contributed by atoms with Crippen LogP contribution in [0.5, 0.6) is 0 Å². The highest BCUT2D eigenvalue weighted by molar-refractivity contribution is 7.12. The summed E-state index contributed by atoms with van der Waals surface area (Å²) in [5.74, 6) is -0.680. The topological polar surface area (TPSA) is 31.6 Å². The third-order valence-corrected chi connectivity index (χ3v) is 7.44. The molecule has 37 heavy (non-hydrogen) atoms. The van der Waals surface area contributed by atoms with Crippen molar-refractivity contribution in [2.45, 2.75) is 24.2 Å². The van der Waals surface area contributed by atoms with E-state index in [0.717, 1.165) is 45.4 Å². The first kappa shape index (κ1) is 25.0. The molecule has 5 rings (SSSR count). The van der Waals surface area contributed by atoms with Crippen LogP contribution in [0.1, 0.15) is 55.2 Å². The number of halogens is 6. The van der Waals surface area contributed by atoms with E-state index < -0.39 is 23.5 Å². The van der Waals surface area contributed by atoms with Gasteiger partial charge >= 0.3 is 12.4 Å². The van der Waals surface area contributed by atoms with Crippen LogP contribution in [0, 0.1) is 0 Å². The summed E-state index contributed by atoms with van der Waals surface area (Å²) in [6.07, 6.45) is -5.35. The average Bonchev–Trinajstić information content (AvgIpc) is 3.64. The van der Waals surface area contributed by atoms with E-state index in [2.05, 4.69) is 9.97 Å². The summed E-state index contributed by atoms with van der Waals surface area (Å²) in [6.45, 7) is 0. The SMILES string of the molecule is FC(F)(F)c1ccc(C(c2ccc[nH]2)c2ccc(C(c3ccc(C(F)(F)F)cc3)c3ccc[nH]3)s2)cc1. The van der Waals surface area contributed by atoms with Crippen molar-refractivity contribution in [1.82, 2.24) is 9.97 Å². The summed E-state index contributed by atoms with van der Waals surface area (Å²) >= 11 is 1.47. The van der Waals surface area contributed by atoms with Crippen molar-refractivity contribution in [2.75, 3.05) is 0 Å². The Morgan fingerprint density at radius 2 is 0.892 bits per heavy atom. The van der Waals surface area contributed by atoms with Crippen molar-refractivity contribution in [1.29, 1.82) is 0 Å². The van der Waals surface area contributed by atoms with Crippen LogP contribution in [-0.2, 0) is 12.4 Å². The van der Waals surface area contributed by atoms with Gasteiger partial charge < -0.3 is 9.97 Å². The van der Waals surface area contributed by atoms with Gasteiger partial charge in [-0.1, -0.05) is 24.3 Å². The lowest BCUT2D eigenvalue weighted by molar-refractivity contribution is -0.138. The Kier molecular flexibility index (Phi) is 6.49. The summed E-state index contributed by atoms with van der Waals surface area (Å²) in [5, 5.41) is 0. The number of H-pyrrole nitrogens is 2. The molecule has 5 aromatic rings. The average molecular weight is 531 g/mol. The Morgan fingerprint density at radius 3 is 1.19 bits per heavy atom. The van der Waals surface area contributed by atoms with Crippen LogP contribution in [0.3, 0.4) is 0 Å². The molecule has 0 saturated heterocycles. The molecule has 2 unspecified atom stereocenters. The number of thiophene rings is 1. The first-order valence-electron chi connectivity index (χ1n) is 11.3. The lowest BCUT2D eigenvalue weighted by Crippen LogP contribution is -2.07. The molecule has 2 aromatic carbocycles. The molecule has 0 bridgehead atoms. The van der Waals surface area contributed by atoms with Crippen LogP contribution in [0.4, 0.5) is 26.3 Å². The van der Waals surface area contributed by atoms with Crippen LogP contribution in [0.2, 0.25) is 0 Å². The van der Waals surface area contributed by atoms with E-state index in [9.17, 15) is 26.3 Å². The zero-order valence-corrected chi connectivity index (χ0v) is 19.9. The second kappa shape index (κ2) is 9.63. The van der Waals surface area contributed by atoms with E-state index >= 15 is 0 Å². The highest BCUT2D eigenvalue weighted by Gasteiger charge is 2.32. The highest BCUT2D eigenvalue weighted by atomic mass is 32.1. The van der Waals surface area contributed by atoms with Gasteiger partial charge in [0.1, 0.15) is 0 Å². The van der Waals surface area contributed by atoms with Gasteiger partial charge in [-0.05, 0) is 71.8 Å². The van der Waals surface area contributed by atoms with Gasteiger partial charge in [-0.3, -0.25) is 0 Å². The Labute approximate surface area is 212 Å². The van der Waals surface area contributed by atoms with Gasteiger partial charge in [-0.15, -0.1) is 11.3 Å². The summed E-state index contributed by atoms with van der Waals surface area (Å²) in [5.41, 5.74) is 1.58. The lowest BCUT2D eigenvalue weighted by atomic mass is 9.92. The van der Waals surface area contributed by atoms with Crippen molar-refractivity contribution in [3.05, 3.63) is 141 Å². The fraction of sp³-hybridized carbons (Fsp3) is 0.143. The molecule has 190 valence electrons. The first-order valence-corrected chi connectivity index (χ1v) is 12.1. The second-order valence-corrected chi connectivity index (χ2v) is 9.74. The molecule has 2 atom stereocenters. The van der Waals surface area contributed by atoms with Gasteiger partial charge in [-0.25, -0.2) is 0 Å². The summed E-state index contributed by atoms with van der Waals surface area (Å²) in [6, 6.07) is 21.4. The smallest absolute Gasteiger partial charge is 0.364 e. The minimum Gasteiger partial charge on any atom is -0.364 e. The number of nitrogens with one attached hydrogen (secondary N) is 2. The number of alkyl halides is 6. The van der Waals surface area contributed by atoms with Gasteiger partial charge in [0.2, 0.25) is 0 Å². The second-order valence-electron chi connectivity index (χ2n) is 8.60. The minimum absolute atomic E-state index is 0.340. The molecular weight excluding hydrogens is 510 g/mol. The molecule has 0 saturated carbocycles. The number of hydrogen-bond donors (Lipinski definition) is 2. The van der Waals surface area contributed by atoms with Gasteiger partial charge in [0.05, 0.1) is 23.0 Å². The maximum Gasteiger partial charge on any atom is 0.416 e. The van der Waals surface area contributed by atoms with E-state index in [1.165, 1.54) is 35.6 Å². The summed E-state index contributed by atoms with van der Waals surface area (Å²) in [4.78, 5) is 8.12. The molecule has 9 heteroatoms. The predicted octanol–water partition coefficient (Wildman–Crippen LogP) is 8.80. The van der Waals surface area contributed by atoms with E-state index in [-0.39, 0.29) is 11.8 Å². The Morgan fingerprint density at radius 1 is 0.514 bits per heavy atom. The fourth-order valence-electron chi connectivity index (χ4n) is 4.45. The van der Waals surface area contributed by atoms with Crippen molar-refractivity contribution < 1.29 is 26.3 Å². The summed E-state index contributed by atoms with van der Waals surface area (Å²) < 4.78 is 78.8. The first-order chi connectivity index (χ1) is 17.6. The summed E-state index contributed by atoms with van der Waals surface area (Å²) in [7, 11) is 0. The van der Waals surface area contributed by atoms with Gasteiger partial charge in [0.25, 0.3) is 0 Å². The zero-order valence-electron chi connectivity index (χ0n) is 19.1. The van der Waals surface area contributed by atoms with Crippen molar-refractivity contribution in [3.8, 4) is 0 Å². The molecule has 0 aliphatic carbocycles. The van der Waals surface area contributed by atoms with Crippen LogP contribution >= 0.6 is 11.3 Å². The largest absolute Gasteiger partial charge is 0.416 e. The molecule has 0 aliphatic rings. The van der Waals surface area contributed by atoms with E-state index in [1.807, 2.05) is 36.4 Å². The molecule has 2 N–H and O–H groups in total. The maximum absolute atomic E-state index is 13.1. The van der Waals surface area contributed by atoms with Crippen LogP contribution < -0.4 is 0 Å². The molecule has 0 aliphatic heterocycles. The Balaban J connectivity index is 1.55. The molecule has 3 heterocycles.